The molecule has 1 nitrogen and oxygen atoms in total. The van der Waals surface area contributed by atoms with Crippen molar-refractivity contribution in [2.24, 2.45) is 5.92 Å². The Morgan fingerprint density at radius 2 is 1.79 bits per heavy atom. The largest absolute Gasteiger partial charge is 0.310 e. The van der Waals surface area contributed by atoms with Crippen molar-refractivity contribution >= 4 is 0 Å². The van der Waals surface area contributed by atoms with Crippen molar-refractivity contribution in [3.05, 3.63) is 35.4 Å². The molecule has 19 heavy (non-hydrogen) atoms. The smallest absolute Gasteiger partial charge is 0.0317 e. The van der Waals surface area contributed by atoms with Crippen molar-refractivity contribution in [1.82, 2.24) is 5.32 Å². The number of nitrogens with one attached hydrogen (secondary N) is 1. The third-order valence-corrected chi connectivity index (χ3v) is 4.62. The standard InChI is InChI=1S/C18H29N/c1-3-15-9-11-17(12-10-15)18(4-2)19-14-13-16-7-5-6-8-16/h9-12,16,18-19H,3-8,13-14H2,1-2H3. The first-order valence-corrected chi connectivity index (χ1v) is 8.15. The molecule has 0 aliphatic heterocycles. The fourth-order valence-electron chi connectivity index (χ4n) is 3.24. The highest BCUT2D eigenvalue weighted by molar-refractivity contribution is 5.24. The van der Waals surface area contributed by atoms with Crippen molar-refractivity contribution in [3.63, 3.8) is 0 Å². The second kappa shape index (κ2) is 7.69. The lowest BCUT2D eigenvalue weighted by Gasteiger charge is -2.19. The lowest BCUT2D eigenvalue weighted by Crippen LogP contribution is -2.23. The van der Waals surface area contributed by atoms with Crippen LogP contribution in [0.5, 0.6) is 0 Å². The van der Waals surface area contributed by atoms with Crippen molar-refractivity contribution in [1.29, 1.82) is 0 Å². The van der Waals surface area contributed by atoms with E-state index >= 15 is 0 Å². The van der Waals surface area contributed by atoms with Crippen LogP contribution in [0.25, 0.3) is 0 Å². The van der Waals surface area contributed by atoms with E-state index < -0.39 is 0 Å². The molecule has 0 heterocycles. The number of hydrogen-bond donors (Lipinski definition) is 1. The van der Waals surface area contributed by atoms with Gasteiger partial charge in [0.15, 0.2) is 0 Å². The molecule has 106 valence electrons. The molecule has 1 heteroatoms. The first kappa shape index (κ1) is 14.6. The maximum Gasteiger partial charge on any atom is 0.0317 e. The highest BCUT2D eigenvalue weighted by atomic mass is 14.9. The first-order valence-electron chi connectivity index (χ1n) is 8.15. The van der Waals surface area contributed by atoms with E-state index in [9.17, 15) is 0 Å². The molecule has 0 amide bonds. The van der Waals surface area contributed by atoms with Gasteiger partial charge in [-0.1, -0.05) is 63.8 Å². The molecule has 1 aromatic carbocycles. The Hall–Kier alpha value is -0.820. The summed E-state index contributed by atoms with van der Waals surface area (Å²) >= 11 is 0. The summed E-state index contributed by atoms with van der Waals surface area (Å²) in [6.45, 7) is 5.67. The molecule has 1 aliphatic carbocycles. The zero-order valence-electron chi connectivity index (χ0n) is 12.6. The Balaban J connectivity index is 1.80. The normalized spacial score (nSPS) is 17.8. The summed E-state index contributed by atoms with van der Waals surface area (Å²) in [4.78, 5) is 0. The fourth-order valence-corrected chi connectivity index (χ4v) is 3.24. The van der Waals surface area contributed by atoms with E-state index in [0.717, 1.165) is 12.3 Å². The zero-order chi connectivity index (χ0) is 13.5. The van der Waals surface area contributed by atoms with Crippen molar-refractivity contribution in [3.8, 4) is 0 Å². The van der Waals surface area contributed by atoms with Crippen LogP contribution in [0.15, 0.2) is 24.3 Å². The van der Waals surface area contributed by atoms with Crippen LogP contribution in [-0.4, -0.2) is 6.54 Å². The molecule has 0 aromatic heterocycles. The molecule has 1 unspecified atom stereocenters. The van der Waals surface area contributed by atoms with E-state index in [-0.39, 0.29) is 0 Å². The minimum Gasteiger partial charge on any atom is -0.310 e. The van der Waals surface area contributed by atoms with Gasteiger partial charge in [0, 0.05) is 6.04 Å². The second-order valence-corrected chi connectivity index (χ2v) is 5.95. The van der Waals surface area contributed by atoms with Gasteiger partial charge in [-0.05, 0) is 42.9 Å². The molecular weight excluding hydrogens is 230 g/mol. The molecule has 1 aromatic rings. The average molecular weight is 259 g/mol. The van der Waals surface area contributed by atoms with Crippen LogP contribution >= 0.6 is 0 Å². The monoisotopic (exact) mass is 259 g/mol. The summed E-state index contributed by atoms with van der Waals surface area (Å²) in [6, 6.07) is 9.69. The number of rotatable bonds is 7. The second-order valence-electron chi connectivity index (χ2n) is 5.95. The predicted molar refractivity (Wildman–Crippen MR) is 83.4 cm³/mol. The van der Waals surface area contributed by atoms with E-state index in [1.54, 1.807) is 0 Å². The molecular formula is C18H29N. The van der Waals surface area contributed by atoms with Crippen LogP contribution in [0.1, 0.15) is 69.5 Å². The van der Waals surface area contributed by atoms with Gasteiger partial charge in [0.1, 0.15) is 0 Å². The molecule has 1 N–H and O–H groups in total. The number of aryl methyl sites for hydroxylation is 1. The molecule has 1 aliphatic rings. The van der Waals surface area contributed by atoms with E-state index in [2.05, 4.69) is 43.4 Å². The van der Waals surface area contributed by atoms with Crippen LogP contribution in [-0.2, 0) is 6.42 Å². The SMILES string of the molecule is CCc1ccc(C(CC)NCCC2CCCC2)cc1. The summed E-state index contributed by atoms with van der Waals surface area (Å²) in [5.74, 6) is 0.993. The Kier molecular flexibility index (Phi) is 5.91. The van der Waals surface area contributed by atoms with Gasteiger partial charge < -0.3 is 5.32 Å². The van der Waals surface area contributed by atoms with Gasteiger partial charge in [-0.2, -0.15) is 0 Å². The highest BCUT2D eigenvalue weighted by Crippen LogP contribution is 2.27. The molecule has 0 spiro atoms. The zero-order valence-corrected chi connectivity index (χ0v) is 12.6. The number of benzene rings is 1. The predicted octanol–water partition coefficient (Wildman–Crippen LogP) is 4.87. The van der Waals surface area contributed by atoms with Crippen LogP contribution in [0.4, 0.5) is 0 Å². The van der Waals surface area contributed by atoms with Crippen LogP contribution < -0.4 is 5.32 Å². The summed E-state index contributed by atoms with van der Waals surface area (Å²) in [6.07, 6.45) is 9.51. The van der Waals surface area contributed by atoms with Crippen LogP contribution in [0.2, 0.25) is 0 Å². The van der Waals surface area contributed by atoms with Gasteiger partial charge in [0.2, 0.25) is 0 Å². The lowest BCUT2D eigenvalue weighted by molar-refractivity contribution is 0.438. The molecule has 1 fully saturated rings. The van der Waals surface area contributed by atoms with Gasteiger partial charge in [0.05, 0.1) is 0 Å². The lowest BCUT2D eigenvalue weighted by atomic mass is 10.0. The maximum absolute atomic E-state index is 3.75. The van der Waals surface area contributed by atoms with Gasteiger partial charge in [-0.3, -0.25) is 0 Å². The molecule has 1 saturated carbocycles. The molecule has 0 saturated heterocycles. The Labute approximate surface area is 118 Å². The van der Waals surface area contributed by atoms with E-state index in [4.69, 9.17) is 0 Å². The Bertz CT molecular complexity index is 348. The van der Waals surface area contributed by atoms with E-state index in [0.29, 0.717) is 6.04 Å². The molecule has 0 bridgehead atoms. The first-order chi connectivity index (χ1) is 9.33. The van der Waals surface area contributed by atoms with E-state index in [1.165, 1.54) is 56.2 Å². The molecule has 1 atom stereocenters. The number of hydrogen-bond acceptors (Lipinski definition) is 1. The van der Waals surface area contributed by atoms with Gasteiger partial charge >= 0.3 is 0 Å². The minimum atomic E-state index is 0.535. The molecule has 2 rings (SSSR count). The topological polar surface area (TPSA) is 12.0 Å². The Morgan fingerprint density at radius 3 is 2.37 bits per heavy atom. The van der Waals surface area contributed by atoms with Gasteiger partial charge in [0.25, 0.3) is 0 Å². The van der Waals surface area contributed by atoms with Crippen molar-refractivity contribution in [2.75, 3.05) is 6.54 Å². The quantitative estimate of drug-likeness (QED) is 0.736. The van der Waals surface area contributed by atoms with E-state index in [1.807, 2.05) is 0 Å². The Morgan fingerprint density at radius 1 is 1.11 bits per heavy atom. The minimum absolute atomic E-state index is 0.535. The summed E-state index contributed by atoms with van der Waals surface area (Å²) in [5, 5.41) is 3.75. The van der Waals surface area contributed by atoms with Crippen molar-refractivity contribution in [2.45, 2.75) is 64.8 Å². The third kappa shape index (κ3) is 4.35. The maximum atomic E-state index is 3.75. The summed E-state index contributed by atoms with van der Waals surface area (Å²) < 4.78 is 0. The summed E-state index contributed by atoms with van der Waals surface area (Å²) in [5.41, 5.74) is 2.88. The molecule has 0 radical (unpaired) electrons. The highest BCUT2D eigenvalue weighted by Gasteiger charge is 2.15. The third-order valence-electron chi connectivity index (χ3n) is 4.62. The van der Waals surface area contributed by atoms with Gasteiger partial charge in [-0.15, -0.1) is 0 Å². The summed E-state index contributed by atoms with van der Waals surface area (Å²) in [7, 11) is 0. The fraction of sp³-hybridized carbons (Fsp3) is 0.667. The van der Waals surface area contributed by atoms with Crippen LogP contribution in [0.3, 0.4) is 0 Å². The average Bonchev–Trinajstić information content (AvgIpc) is 2.97. The van der Waals surface area contributed by atoms with Gasteiger partial charge in [-0.25, -0.2) is 0 Å². The van der Waals surface area contributed by atoms with Crippen molar-refractivity contribution < 1.29 is 0 Å². The van der Waals surface area contributed by atoms with Crippen LogP contribution in [0, 0.1) is 5.92 Å².